The lowest BCUT2D eigenvalue weighted by Crippen LogP contribution is -2.21. The van der Waals surface area contributed by atoms with Crippen LogP contribution in [0.5, 0.6) is 0 Å². The van der Waals surface area contributed by atoms with Gasteiger partial charge in [-0.1, -0.05) is 100 Å². The zero-order chi connectivity index (χ0) is 12.2. The van der Waals surface area contributed by atoms with Crippen molar-refractivity contribution in [3.05, 3.63) is 0 Å². The van der Waals surface area contributed by atoms with Gasteiger partial charge in [0.05, 0.1) is 0 Å². The van der Waals surface area contributed by atoms with Crippen LogP contribution in [-0.4, -0.2) is 14.6 Å². The minimum atomic E-state index is 0. The largest absolute Gasteiger partial charge is 0.117 e. The van der Waals surface area contributed by atoms with Gasteiger partial charge in [0.15, 0.2) is 0 Å². The Labute approximate surface area is 118 Å². The first kappa shape index (κ1) is 13.1. The lowest BCUT2D eigenvalue weighted by atomic mass is 9.44. The molecule has 4 fully saturated rings. The zero-order valence-corrected chi connectivity index (χ0v) is 11.9. The third kappa shape index (κ3) is 3.58. The van der Waals surface area contributed by atoms with Crippen LogP contribution in [0.1, 0.15) is 79.9 Å². The van der Waals surface area contributed by atoms with E-state index >= 15 is 0 Å². The van der Waals surface area contributed by atoms with Crippen LogP contribution in [0.4, 0.5) is 0 Å². The molecule has 4 aliphatic heterocycles. The first-order valence-electron chi connectivity index (χ1n) is 8.60. The van der Waals surface area contributed by atoms with Crippen molar-refractivity contribution in [3.8, 4) is 0 Å². The SMILES string of the molecule is [B]1C2CCCC1CCC2.[B]1C2CCCC1CCC2.[HH].[HH]. The number of hydrogen-bond donors (Lipinski definition) is 0. The van der Waals surface area contributed by atoms with Crippen molar-refractivity contribution in [2.24, 2.45) is 0 Å². The van der Waals surface area contributed by atoms with Crippen molar-refractivity contribution >= 4 is 14.6 Å². The summed E-state index contributed by atoms with van der Waals surface area (Å²) >= 11 is 0. The quantitative estimate of drug-likeness (QED) is 0.476. The summed E-state index contributed by atoms with van der Waals surface area (Å²) in [6, 6.07) is 0. The summed E-state index contributed by atoms with van der Waals surface area (Å²) in [5.41, 5.74) is 0. The Morgan fingerprint density at radius 2 is 0.667 bits per heavy atom. The fourth-order valence-corrected chi connectivity index (χ4v) is 4.69. The van der Waals surface area contributed by atoms with Crippen molar-refractivity contribution in [3.63, 3.8) is 0 Å². The molecule has 0 aromatic rings. The summed E-state index contributed by atoms with van der Waals surface area (Å²) in [6.45, 7) is 0. The van der Waals surface area contributed by atoms with Crippen LogP contribution in [0.3, 0.4) is 0 Å². The average molecular weight is 246 g/mol. The second-order valence-corrected chi connectivity index (χ2v) is 7.15. The maximum Gasteiger partial charge on any atom is 0.117 e. The number of hydrogen-bond acceptors (Lipinski definition) is 0. The Hall–Kier alpha value is 0.130. The molecule has 0 aromatic heterocycles. The maximum atomic E-state index is 2.62. The molecule has 0 saturated carbocycles. The third-order valence-electron chi connectivity index (χ3n) is 5.69. The standard InChI is InChI=1S/2C8H14B.2H2/c2*1-3-7-5-2-6-8(4-1)9-7;;/h2*7-8H,1-6H2;2*1H. The molecule has 2 radical (unpaired) electrons. The molecule has 4 bridgehead atoms. The second-order valence-electron chi connectivity index (χ2n) is 7.15. The summed E-state index contributed by atoms with van der Waals surface area (Å²) in [4.78, 5) is 0. The molecule has 0 N–H and O–H groups in total. The van der Waals surface area contributed by atoms with E-state index in [9.17, 15) is 0 Å². The molecule has 4 aliphatic rings. The van der Waals surface area contributed by atoms with E-state index in [1.165, 1.54) is 77.0 Å². The molecule has 0 aromatic carbocycles. The van der Waals surface area contributed by atoms with Crippen LogP contribution in [-0.2, 0) is 0 Å². The first-order chi connectivity index (χ1) is 8.90. The number of rotatable bonds is 0. The zero-order valence-electron chi connectivity index (χ0n) is 11.9. The highest BCUT2D eigenvalue weighted by Gasteiger charge is 2.27. The highest BCUT2D eigenvalue weighted by molar-refractivity contribution is 6.40. The van der Waals surface area contributed by atoms with Crippen LogP contribution in [0.15, 0.2) is 0 Å². The van der Waals surface area contributed by atoms with Gasteiger partial charge in [-0.2, -0.15) is 0 Å². The molecule has 4 rings (SSSR count). The molecule has 4 saturated heterocycles. The Morgan fingerprint density at radius 3 is 0.833 bits per heavy atom. The molecule has 2 heteroatoms. The second kappa shape index (κ2) is 6.53. The van der Waals surface area contributed by atoms with Gasteiger partial charge in [-0.3, -0.25) is 0 Å². The summed E-state index contributed by atoms with van der Waals surface area (Å²) in [6.07, 6.45) is 18.0. The topological polar surface area (TPSA) is 0 Å². The maximum absolute atomic E-state index is 2.62. The molecule has 0 amide bonds. The van der Waals surface area contributed by atoms with Crippen LogP contribution >= 0.6 is 0 Å². The van der Waals surface area contributed by atoms with Gasteiger partial charge in [0.25, 0.3) is 0 Å². The predicted molar refractivity (Wildman–Crippen MR) is 86.1 cm³/mol. The van der Waals surface area contributed by atoms with Gasteiger partial charge >= 0.3 is 0 Å². The van der Waals surface area contributed by atoms with Crippen LogP contribution in [0.25, 0.3) is 0 Å². The molecule has 0 nitrogen and oxygen atoms in total. The van der Waals surface area contributed by atoms with Crippen molar-refractivity contribution in [2.45, 2.75) is 100 Å². The van der Waals surface area contributed by atoms with E-state index in [-0.39, 0.29) is 2.85 Å². The van der Waals surface area contributed by atoms with Gasteiger partial charge in [0.2, 0.25) is 0 Å². The van der Waals surface area contributed by atoms with Crippen molar-refractivity contribution < 1.29 is 2.85 Å². The smallest absolute Gasteiger partial charge is 0.0686 e. The van der Waals surface area contributed by atoms with E-state index in [0.29, 0.717) is 0 Å². The van der Waals surface area contributed by atoms with Gasteiger partial charge in [-0.15, -0.1) is 0 Å². The predicted octanol–water partition coefficient (Wildman–Crippen LogP) is 5.76. The van der Waals surface area contributed by atoms with Crippen LogP contribution in [0, 0.1) is 0 Å². The lowest BCUT2D eigenvalue weighted by Gasteiger charge is -2.33. The summed E-state index contributed by atoms with van der Waals surface area (Å²) in [5.74, 6) is 4.10. The van der Waals surface area contributed by atoms with Crippen molar-refractivity contribution in [2.75, 3.05) is 0 Å². The van der Waals surface area contributed by atoms with Gasteiger partial charge in [-0.05, 0) is 0 Å². The molecule has 102 valence electrons. The van der Waals surface area contributed by atoms with Gasteiger partial charge in [0.1, 0.15) is 14.6 Å². The van der Waals surface area contributed by atoms with Gasteiger partial charge < -0.3 is 0 Å². The molecular weight excluding hydrogens is 214 g/mol. The highest BCUT2D eigenvalue weighted by atomic mass is 14.2. The van der Waals surface area contributed by atoms with Gasteiger partial charge in [-0.25, -0.2) is 0 Å². The van der Waals surface area contributed by atoms with E-state index in [1.807, 2.05) is 0 Å². The normalized spacial score (nSPS) is 41.8. The van der Waals surface area contributed by atoms with E-state index in [1.54, 1.807) is 0 Å². The van der Waals surface area contributed by atoms with Crippen molar-refractivity contribution in [1.29, 1.82) is 0 Å². The van der Waals surface area contributed by atoms with E-state index in [4.69, 9.17) is 0 Å². The Bertz CT molecular complexity index is 197. The highest BCUT2D eigenvalue weighted by Crippen LogP contribution is 2.41. The molecule has 0 spiro atoms. The fourth-order valence-electron chi connectivity index (χ4n) is 4.69. The van der Waals surface area contributed by atoms with Gasteiger partial charge in [0, 0.05) is 2.85 Å². The molecule has 0 aliphatic carbocycles. The Kier molecular flexibility index (Phi) is 4.76. The summed E-state index contributed by atoms with van der Waals surface area (Å²) in [7, 11) is 5.24. The average Bonchev–Trinajstić information content (AvgIpc) is 2.40. The monoisotopic (exact) mass is 246 g/mol. The van der Waals surface area contributed by atoms with E-state index in [2.05, 4.69) is 14.6 Å². The molecule has 18 heavy (non-hydrogen) atoms. The molecule has 4 heterocycles. The van der Waals surface area contributed by atoms with E-state index < -0.39 is 0 Å². The minimum Gasteiger partial charge on any atom is -0.0686 e. The summed E-state index contributed by atoms with van der Waals surface area (Å²) < 4.78 is 0. The van der Waals surface area contributed by atoms with Crippen molar-refractivity contribution in [1.82, 2.24) is 0 Å². The minimum absolute atomic E-state index is 0. The van der Waals surface area contributed by atoms with E-state index in [0.717, 1.165) is 23.3 Å². The van der Waals surface area contributed by atoms with Crippen LogP contribution in [0.2, 0.25) is 23.3 Å². The first-order valence-corrected chi connectivity index (χ1v) is 8.60. The Balaban J connectivity index is 0.000000182. The Morgan fingerprint density at radius 1 is 0.444 bits per heavy atom. The summed E-state index contributed by atoms with van der Waals surface area (Å²) in [5, 5.41) is 0. The number of fused-ring (bicyclic) bond motifs is 4. The third-order valence-corrected chi connectivity index (χ3v) is 5.69. The molecule has 0 atom stereocenters. The van der Waals surface area contributed by atoms with Crippen LogP contribution < -0.4 is 0 Å². The molecular formula is C16H32B2. The fraction of sp³-hybridized carbons (Fsp3) is 1.00. The molecule has 0 unspecified atom stereocenters. The lowest BCUT2D eigenvalue weighted by molar-refractivity contribution is 0.454.